The van der Waals surface area contributed by atoms with Gasteiger partial charge in [-0.05, 0) is 36.4 Å². The van der Waals surface area contributed by atoms with E-state index in [0.29, 0.717) is 34.2 Å². The second kappa shape index (κ2) is 7.29. The zero-order valence-corrected chi connectivity index (χ0v) is 14.3. The Kier molecular flexibility index (Phi) is 4.53. The van der Waals surface area contributed by atoms with Gasteiger partial charge in [-0.25, -0.2) is 0 Å². The second-order valence-electron chi connectivity index (χ2n) is 5.97. The molecule has 0 saturated heterocycles. The van der Waals surface area contributed by atoms with Gasteiger partial charge in [-0.15, -0.1) is 0 Å². The number of hydrogen-bond donors (Lipinski definition) is 1. The minimum atomic E-state index is -0.263. The molecule has 27 heavy (non-hydrogen) atoms. The molecule has 0 radical (unpaired) electrons. The van der Waals surface area contributed by atoms with Crippen LogP contribution in [0, 0.1) is 0 Å². The van der Waals surface area contributed by atoms with Gasteiger partial charge in [0.2, 0.25) is 5.43 Å². The largest absolute Gasteiger partial charge is 0.484 e. The third kappa shape index (κ3) is 3.64. The van der Waals surface area contributed by atoms with E-state index in [2.05, 4.69) is 10.3 Å². The summed E-state index contributed by atoms with van der Waals surface area (Å²) in [5.41, 5.74) is 1.61. The molecule has 1 N–H and O–H groups in total. The second-order valence-corrected chi connectivity index (χ2v) is 5.97. The highest BCUT2D eigenvalue weighted by molar-refractivity contribution is 5.90. The van der Waals surface area contributed by atoms with E-state index in [1.165, 1.54) is 0 Å². The summed E-state index contributed by atoms with van der Waals surface area (Å²) in [5, 5.41) is 3.75. The predicted octanol–water partition coefficient (Wildman–Crippen LogP) is 3.04. The van der Waals surface area contributed by atoms with Gasteiger partial charge in [0.1, 0.15) is 16.9 Å². The number of aromatic nitrogens is 1. The highest BCUT2D eigenvalue weighted by atomic mass is 16.5. The first-order valence-corrected chi connectivity index (χ1v) is 8.46. The van der Waals surface area contributed by atoms with Gasteiger partial charge < -0.3 is 14.5 Å². The molecule has 134 valence electrons. The van der Waals surface area contributed by atoms with E-state index in [1.807, 2.05) is 24.3 Å². The van der Waals surface area contributed by atoms with Crippen molar-refractivity contribution >= 4 is 27.8 Å². The Hall–Kier alpha value is -3.67. The molecule has 1 amide bonds. The van der Waals surface area contributed by atoms with Gasteiger partial charge >= 0.3 is 0 Å². The number of benzene rings is 2. The number of para-hydroxylation sites is 1. The number of nitrogens with one attached hydrogen (secondary N) is 1. The zero-order chi connectivity index (χ0) is 18.6. The Morgan fingerprint density at radius 1 is 1.00 bits per heavy atom. The molecule has 2 aromatic carbocycles. The van der Waals surface area contributed by atoms with Gasteiger partial charge in [-0.3, -0.25) is 14.6 Å². The van der Waals surface area contributed by atoms with Crippen LogP contribution in [0.5, 0.6) is 5.75 Å². The number of ether oxygens (including phenoxy) is 1. The minimum absolute atomic E-state index is 0.0912. The molecular weight excluding hydrogens is 344 g/mol. The monoisotopic (exact) mass is 360 g/mol. The van der Waals surface area contributed by atoms with Crippen molar-refractivity contribution < 1.29 is 13.9 Å². The smallest absolute Gasteiger partial charge is 0.258 e. The lowest BCUT2D eigenvalue weighted by Gasteiger charge is -2.08. The van der Waals surface area contributed by atoms with Crippen LogP contribution in [0.15, 0.2) is 76.1 Å². The van der Waals surface area contributed by atoms with Gasteiger partial charge in [0, 0.05) is 12.3 Å². The molecular formula is C21H16N2O4. The Bertz CT molecular complexity index is 1170. The van der Waals surface area contributed by atoms with Crippen molar-refractivity contribution in [3.63, 3.8) is 0 Å². The van der Waals surface area contributed by atoms with Crippen LogP contribution in [0.3, 0.4) is 0 Å². The molecule has 0 aliphatic heterocycles. The topological polar surface area (TPSA) is 81.4 Å². The molecule has 4 aromatic rings. The molecule has 2 aromatic heterocycles. The molecule has 0 aliphatic rings. The van der Waals surface area contributed by atoms with Crippen LogP contribution >= 0.6 is 0 Å². The Balaban J connectivity index is 1.47. The van der Waals surface area contributed by atoms with Crippen molar-refractivity contribution in [2.75, 3.05) is 6.61 Å². The maximum atomic E-state index is 12.5. The molecule has 0 unspecified atom stereocenters. The first-order chi connectivity index (χ1) is 13.2. The number of carbonyl (C=O) groups is 1. The Labute approximate surface area is 154 Å². The van der Waals surface area contributed by atoms with Gasteiger partial charge in [0.25, 0.3) is 5.91 Å². The summed E-state index contributed by atoms with van der Waals surface area (Å²) in [7, 11) is 0. The van der Waals surface area contributed by atoms with Crippen molar-refractivity contribution in [3.05, 3.63) is 82.8 Å². The molecule has 0 bridgehead atoms. The van der Waals surface area contributed by atoms with Crippen LogP contribution < -0.4 is 15.5 Å². The maximum Gasteiger partial charge on any atom is 0.258 e. The first kappa shape index (κ1) is 16.8. The highest BCUT2D eigenvalue weighted by Gasteiger charge is 2.09. The van der Waals surface area contributed by atoms with Crippen molar-refractivity contribution in [3.8, 4) is 5.75 Å². The average molecular weight is 360 g/mol. The van der Waals surface area contributed by atoms with Crippen LogP contribution in [0.25, 0.3) is 21.9 Å². The van der Waals surface area contributed by atoms with E-state index in [4.69, 9.17) is 9.15 Å². The molecule has 4 rings (SSSR count). The molecule has 6 nitrogen and oxygen atoms in total. The van der Waals surface area contributed by atoms with Crippen LogP contribution in [0.4, 0.5) is 0 Å². The maximum absolute atomic E-state index is 12.5. The highest BCUT2D eigenvalue weighted by Crippen LogP contribution is 2.22. The zero-order valence-electron chi connectivity index (χ0n) is 14.3. The summed E-state index contributed by atoms with van der Waals surface area (Å²) < 4.78 is 11.3. The Morgan fingerprint density at radius 2 is 1.81 bits per heavy atom. The van der Waals surface area contributed by atoms with Crippen molar-refractivity contribution in [2.45, 2.75) is 6.54 Å². The normalized spacial score (nSPS) is 10.8. The average Bonchev–Trinajstić information content (AvgIpc) is 2.71. The number of amides is 1. The summed E-state index contributed by atoms with van der Waals surface area (Å²) >= 11 is 0. The molecule has 0 saturated carbocycles. The number of hydrogen-bond acceptors (Lipinski definition) is 5. The number of rotatable bonds is 5. The van der Waals surface area contributed by atoms with Crippen LogP contribution in [0.2, 0.25) is 0 Å². The molecule has 0 fully saturated rings. The first-order valence-electron chi connectivity index (χ1n) is 8.46. The van der Waals surface area contributed by atoms with Gasteiger partial charge in [0.15, 0.2) is 6.61 Å². The van der Waals surface area contributed by atoms with E-state index < -0.39 is 0 Å². The SMILES string of the molecule is O=C(COc1ccc2c(=O)c3ccccc3oc2c1)NCc1ccccn1. The van der Waals surface area contributed by atoms with Gasteiger partial charge in [0.05, 0.1) is 23.0 Å². The number of pyridine rings is 1. The van der Waals surface area contributed by atoms with Crippen LogP contribution in [-0.2, 0) is 11.3 Å². The predicted molar refractivity (Wildman–Crippen MR) is 102 cm³/mol. The standard InChI is InChI=1S/C21H16N2O4/c24-20(23-12-14-5-3-4-10-22-14)13-26-15-8-9-17-19(11-15)27-18-7-2-1-6-16(18)21(17)25/h1-11H,12-13H2,(H,23,24). The fraction of sp³-hybridized carbons (Fsp3) is 0.0952. The van der Waals surface area contributed by atoms with Crippen LogP contribution in [0.1, 0.15) is 5.69 Å². The minimum Gasteiger partial charge on any atom is -0.484 e. The number of carbonyl (C=O) groups excluding carboxylic acids is 1. The molecule has 0 aliphatic carbocycles. The lowest BCUT2D eigenvalue weighted by molar-refractivity contribution is -0.123. The molecule has 2 heterocycles. The van der Waals surface area contributed by atoms with Gasteiger partial charge in [-0.1, -0.05) is 18.2 Å². The fourth-order valence-electron chi connectivity index (χ4n) is 2.76. The summed E-state index contributed by atoms with van der Waals surface area (Å²) in [4.78, 5) is 28.6. The lowest BCUT2D eigenvalue weighted by Crippen LogP contribution is -2.28. The van der Waals surface area contributed by atoms with E-state index in [1.54, 1.807) is 42.6 Å². The third-order valence-corrected chi connectivity index (χ3v) is 4.11. The third-order valence-electron chi connectivity index (χ3n) is 4.11. The van der Waals surface area contributed by atoms with E-state index >= 15 is 0 Å². The van der Waals surface area contributed by atoms with E-state index in [-0.39, 0.29) is 17.9 Å². The van der Waals surface area contributed by atoms with Crippen molar-refractivity contribution in [2.24, 2.45) is 0 Å². The summed E-state index contributed by atoms with van der Waals surface area (Å²) in [6.45, 7) is 0.192. The van der Waals surface area contributed by atoms with Crippen LogP contribution in [-0.4, -0.2) is 17.5 Å². The van der Waals surface area contributed by atoms with E-state index in [0.717, 1.165) is 5.69 Å². The van der Waals surface area contributed by atoms with Gasteiger partial charge in [-0.2, -0.15) is 0 Å². The number of nitrogens with zero attached hydrogens (tertiary/aromatic N) is 1. The fourth-order valence-corrected chi connectivity index (χ4v) is 2.76. The van der Waals surface area contributed by atoms with Crippen molar-refractivity contribution in [1.29, 1.82) is 0 Å². The molecule has 0 spiro atoms. The molecule has 6 heteroatoms. The number of fused-ring (bicyclic) bond motifs is 2. The summed E-state index contributed by atoms with van der Waals surface area (Å²) in [6, 6.07) is 17.5. The quantitative estimate of drug-likeness (QED) is 0.553. The van der Waals surface area contributed by atoms with E-state index in [9.17, 15) is 9.59 Å². The molecule has 0 atom stereocenters. The summed E-state index contributed by atoms with van der Waals surface area (Å²) in [6.07, 6.45) is 1.67. The summed E-state index contributed by atoms with van der Waals surface area (Å²) in [5.74, 6) is 0.189. The van der Waals surface area contributed by atoms with Crippen molar-refractivity contribution in [1.82, 2.24) is 10.3 Å². The Morgan fingerprint density at radius 3 is 2.67 bits per heavy atom. The lowest BCUT2D eigenvalue weighted by atomic mass is 10.1.